The SMILES string of the molecule is Cn1c(C(=O)NCc2ccc(OC(F)F)cc2)c(Br)c2ccccc21. The highest BCUT2D eigenvalue weighted by Crippen LogP contribution is 2.30. The second-order valence-corrected chi connectivity index (χ2v) is 6.24. The summed E-state index contributed by atoms with van der Waals surface area (Å²) in [6.45, 7) is -2.57. The molecule has 2 aromatic carbocycles. The third kappa shape index (κ3) is 3.66. The van der Waals surface area contributed by atoms with Gasteiger partial charge in [-0.15, -0.1) is 0 Å². The second-order valence-electron chi connectivity index (χ2n) is 5.44. The van der Waals surface area contributed by atoms with E-state index < -0.39 is 6.61 Å². The summed E-state index contributed by atoms with van der Waals surface area (Å²) in [6.07, 6.45) is 0. The van der Waals surface area contributed by atoms with Gasteiger partial charge in [0.15, 0.2) is 0 Å². The van der Waals surface area contributed by atoms with Gasteiger partial charge in [0, 0.05) is 24.5 Å². The van der Waals surface area contributed by atoms with Crippen molar-refractivity contribution >= 4 is 32.7 Å². The van der Waals surface area contributed by atoms with E-state index in [-0.39, 0.29) is 18.2 Å². The molecule has 0 atom stereocenters. The number of ether oxygens (including phenoxy) is 1. The Bertz CT molecular complexity index is 868. The van der Waals surface area contributed by atoms with Crippen LogP contribution in [0.1, 0.15) is 16.1 Å². The average molecular weight is 409 g/mol. The summed E-state index contributed by atoms with van der Waals surface area (Å²) in [7, 11) is 1.83. The molecule has 3 rings (SSSR count). The van der Waals surface area contributed by atoms with Crippen molar-refractivity contribution in [1.82, 2.24) is 9.88 Å². The zero-order valence-corrected chi connectivity index (χ0v) is 14.9. The number of nitrogens with zero attached hydrogens (tertiary/aromatic N) is 1. The van der Waals surface area contributed by atoms with Crippen LogP contribution in [0.3, 0.4) is 0 Å². The Kier molecular flexibility index (Phi) is 5.03. The summed E-state index contributed by atoms with van der Waals surface area (Å²) >= 11 is 3.49. The molecule has 3 aromatic rings. The van der Waals surface area contributed by atoms with Crippen molar-refractivity contribution in [1.29, 1.82) is 0 Å². The Morgan fingerprint density at radius 2 is 1.88 bits per heavy atom. The first-order valence-corrected chi connectivity index (χ1v) is 8.31. The van der Waals surface area contributed by atoms with E-state index in [4.69, 9.17) is 0 Å². The molecule has 1 N–H and O–H groups in total. The number of carbonyl (C=O) groups is 1. The minimum atomic E-state index is -2.85. The fraction of sp³-hybridized carbons (Fsp3) is 0.167. The largest absolute Gasteiger partial charge is 0.435 e. The molecule has 25 heavy (non-hydrogen) atoms. The number of hydrogen-bond acceptors (Lipinski definition) is 2. The van der Waals surface area contributed by atoms with E-state index in [2.05, 4.69) is 26.0 Å². The number of nitrogens with one attached hydrogen (secondary N) is 1. The molecular weight excluding hydrogens is 394 g/mol. The molecular formula is C18H15BrF2N2O2. The smallest absolute Gasteiger partial charge is 0.387 e. The third-order valence-electron chi connectivity index (χ3n) is 3.86. The van der Waals surface area contributed by atoms with Gasteiger partial charge in [0.2, 0.25) is 0 Å². The van der Waals surface area contributed by atoms with E-state index >= 15 is 0 Å². The van der Waals surface area contributed by atoms with Crippen LogP contribution in [0.15, 0.2) is 53.0 Å². The predicted octanol–water partition coefficient (Wildman–Crippen LogP) is 4.47. The molecule has 1 heterocycles. The average Bonchev–Trinajstić information content (AvgIpc) is 2.85. The van der Waals surface area contributed by atoms with Crippen LogP contribution in [0.2, 0.25) is 0 Å². The summed E-state index contributed by atoms with van der Waals surface area (Å²) in [5, 5.41) is 3.80. The molecule has 0 saturated carbocycles. The number of para-hydroxylation sites is 1. The Balaban J connectivity index is 1.73. The molecule has 1 amide bonds. The van der Waals surface area contributed by atoms with Crippen LogP contribution in [-0.4, -0.2) is 17.1 Å². The van der Waals surface area contributed by atoms with E-state index in [1.54, 1.807) is 12.1 Å². The standard InChI is InChI=1S/C18H15BrF2N2O2/c1-23-14-5-3-2-4-13(14)15(19)16(23)17(24)22-10-11-6-8-12(9-7-11)25-18(20)21/h2-9,18H,10H2,1H3,(H,22,24). The maximum Gasteiger partial charge on any atom is 0.387 e. The molecule has 130 valence electrons. The summed E-state index contributed by atoms with van der Waals surface area (Å²) < 4.78 is 31.1. The first kappa shape index (κ1) is 17.4. The van der Waals surface area contributed by atoms with Gasteiger partial charge in [-0.05, 0) is 39.7 Å². The molecule has 1 aromatic heterocycles. The Morgan fingerprint density at radius 1 is 1.20 bits per heavy atom. The highest BCUT2D eigenvalue weighted by atomic mass is 79.9. The van der Waals surface area contributed by atoms with Crippen LogP contribution in [0.4, 0.5) is 8.78 Å². The van der Waals surface area contributed by atoms with Gasteiger partial charge in [0.05, 0.1) is 4.47 Å². The zero-order chi connectivity index (χ0) is 18.0. The lowest BCUT2D eigenvalue weighted by Gasteiger charge is -2.09. The van der Waals surface area contributed by atoms with Gasteiger partial charge < -0.3 is 14.6 Å². The second kappa shape index (κ2) is 7.23. The van der Waals surface area contributed by atoms with Crippen molar-refractivity contribution < 1.29 is 18.3 Å². The molecule has 0 aliphatic heterocycles. The molecule has 0 unspecified atom stereocenters. The lowest BCUT2D eigenvalue weighted by atomic mass is 10.2. The van der Waals surface area contributed by atoms with Crippen molar-refractivity contribution in [2.75, 3.05) is 0 Å². The number of alkyl halides is 2. The van der Waals surface area contributed by atoms with Gasteiger partial charge >= 0.3 is 6.61 Å². The van der Waals surface area contributed by atoms with Crippen LogP contribution in [-0.2, 0) is 13.6 Å². The van der Waals surface area contributed by atoms with Crippen molar-refractivity contribution in [3.8, 4) is 5.75 Å². The van der Waals surface area contributed by atoms with Gasteiger partial charge in [-0.25, -0.2) is 0 Å². The highest BCUT2D eigenvalue weighted by molar-refractivity contribution is 9.10. The van der Waals surface area contributed by atoms with Crippen molar-refractivity contribution in [2.24, 2.45) is 7.05 Å². The summed E-state index contributed by atoms with van der Waals surface area (Å²) in [5.41, 5.74) is 2.26. The third-order valence-corrected chi connectivity index (χ3v) is 4.66. The Morgan fingerprint density at radius 3 is 2.52 bits per heavy atom. The minimum absolute atomic E-state index is 0.0847. The molecule has 0 spiro atoms. The number of carbonyl (C=O) groups excluding carboxylic acids is 1. The predicted molar refractivity (Wildman–Crippen MR) is 94.9 cm³/mol. The van der Waals surface area contributed by atoms with Crippen LogP contribution >= 0.6 is 15.9 Å². The summed E-state index contributed by atoms with van der Waals surface area (Å²) in [6, 6.07) is 13.9. The highest BCUT2D eigenvalue weighted by Gasteiger charge is 2.18. The fourth-order valence-electron chi connectivity index (χ4n) is 2.65. The van der Waals surface area contributed by atoms with Crippen LogP contribution in [0.5, 0.6) is 5.75 Å². The number of hydrogen-bond donors (Lipinski definition) is 1. The monoisotopic (exact) mass is 408 g/mol. The van der Waals surface area contributed by atoms with E-state index in [1.807, 2.05) is 35.9 Å². The molecule has 0 saturated heterocycles. The maximum absolute atomic E-state index is 12.6. The van der Waals surface area contributed by atoms with Gasteiger partial charge in [-0.3, -0.25) is 4.79 Å². The zero-order valence-electron chi connectivity index (χ0n) is 13.3. The van der Waals surface area contributed by atoms with Crippen molar-refractivity contribution in [3.05, 3.63) is 64.3 Å². The Hall–Kier alpha value is -2.41. The molecule has 0 fully saturated rings. The Labute approximate surface area is 151 Å². The van der Waals surface area contributed by atoms with E-state index in [1.165, 1.54) is 12.1 Å². The number of aromatic nitrogens is 1. The van der Waals surface area contributed by atoms with E-state index in [0.717, 1.165) is 20.9 Å². The minimum Gasteiger partial charge on any atom is -0.435 e. The van der Waals surface area contributed by atoms with Gasteiger partial charge in [-0.2, -0.15) is 8.78 Å². The van der Waals surface area contributed by atoms with Crippen molar-refractivity contribution in [3.63, 3.8) is 0 Å². The molecule has 4 nitrogen and oxygen atoms in total. The number of benzene rings is 2. The number of aryl methyl sites for hydroxylation is 1. The number of rotatable bonds is 5. The lowest BCUT2D eigenvalue weighted by molar-refractivity contribution is -0.0498. The fourth-order valence-corrected chi connectivity index (χ4v) is 3.44. The quantitative estimate of drug-likeness (QED) is 0.676. The first-order chi connectivity index (χ1) is 12.0. The molecule has 0 aliphatic rings. The van der Waals surface area contributed by atoms with Crippen LogP contribution < -0.4 is 10.1 Å². The molecule has 0 aliphatic carbocycles. The first-order valence-electron chi connectivity index (χ1n) is 7.52. The van der Waals surface area contributed by atoms with Crippen LogP contribution in [0, 0.1) is 0 Å². The van der Waals surface area contributed by atoms with Crippen LogP contribution in [0.25, 0.3) is 10.9 Å². The van der Waals surface area contributed by atoms with Gasteiger partial charge in [-0.1, -0.05) is 30.3 Å². The number of fused-ring (bicyclic) bond motifs is 1. The molecule has 0 bridgehead atoms. The summed E-state index contributed by atoms with van der Waals surface area (Å²) in [5.74, 6) is -0.139. The molecule has 7 heteroatoms. The topological polar surface area (TPSA) is 43.3 Å². The normalized spacial score (nSPS) is 11.1. The summed E-state index contributed by atoms with van der Waals surface area (Å²) in [4.78, 5) is 12.6. The van der Waals surface area contributed by atoms with E-state index in [9.17, 15) is 13.6 Å². The number of halogens is 3. The number of amides is 1. The van der Waals surface area contributed by atoms with Gasteiger partial charge in [0.1, 0.15) is 11.4 Å². The van der Waals surface area contributed by atoms with E-state index in [0.29, 0.717) is 5.69 Å². The maximum atomic E-state index is 12.6. The lowest BCUT2D eigenvalue weighted by Crippen LogP contribution is -2.25. The van der Waals surface area contributed by atoms with Gasteiger partial charge in [0.25, 0.3) is 5.91 Å². The van der Waals surface area contributed by atoms with Crippen molar-refractivity contribution in [2.45, 2.75) is 13.2 Å². The molecule has 0 radical (unpaired) electrons.